The lowest BCUT2D eigenvalue weighted by molar-refractivity contribution is 0.0692. The van der Waals surface area contributed by atoms with Crippen LogP contribution in [0.2, 0.25) is 0 Å². The van der Waals surface area contributed by atoms with Crippen LogP contribution in [0.3, 0.4) is 0 Å². The predicted molar refractivity (Wildman–Crippen MR) is 81.8 cm³/mol. The molecule has 2 aromatic rings. The van der Waals surface area contributed by atoms with Gasteiger partial charge in [-0.25, -0.2) is 14.6 Å². The van der Waals surface area contributed by atoms with Gasteiger partial charge in [0.15, 0.2) is 5.82 Å². The van der Waals surface area contributed by atoms with Crippen molar-refractivity contribution in [2.24, 2.45) is 0 Å². The van der Waals surface area contributed by atoms with Crippen LogP contribution in [0.1, 0.15) is 30.1 Å². The fourth-order valence-corrected chi connectivity index (χ4v) is 2.77. The molecule has 7 nitrogen and oxygen atoms in total. The number of hydrogen-bond acceptors (Lipinski definition) is 5. The van der Waals surface area contributed by atoms with Crippen LogP contribution in [-0.2, 0) is 0 Å². The van der Waals surface area contributed by atoms with Gasteiger partial charge in [-0.1, -0.05) is 6.92 Å². The molecule has 0 radical (unpaired) electrons. The number of aromatic nitrogens is 4. The second-order valence-electron chi connectivity index (χ2n) is 5.39. The van der Waals surface area contributed by atoms with E-state index in [0.717, 1.165) is 32.5 Å². The summed E-state index contributed by atoms with van der Waals surface area (Å²) in [7, 11) is 0. The third-order valence-corrected chi connectivity index (χ3v) is 3.85. The van der Waals surface area contributed by atoms with Gasteiger partial charge >= 0.3 is 0 Å². The molecule has 3 rings (SSSR count). The van der Waals surface area contributed by atoms with Crippen molar-refractivity contribution in [1.29, 1.82) is 0 Å². The molecule has 3 heterocycles. The molecule has 0 bridgehead atoms. The number of hydrogen-bond donors (Lipinski definition) is 1. The number of nitrogens with zero attached hydrogens (tertiary/aromatic N) is 5. The van der Waals surface area contributed by atoms with Crippen LogP contribution in [0.4, 0.5) is 0 Å². The van der Waals surface area contributed by atoms with E-state index >= 15 is 0 Å². The molecule has 1 saturated heterocycles. The number of carbonyl (C=O) groups is 1. The van der Waals surface area contributed by atoms with Crippen LogP contribution in [0.5, 0.6) is 0 Å². The van der Waals surface area contributed by atoms with E-state index in [1.807, 2.05) is 4.90 Å². The Hall–Kier alpha value is -2.28. The molecule has 7 heteroatoms. The Morgan fingerprint density at radius 2 is 2.45 bits per heavy atom. The summed E-state index contributed by atoms with van der Waals surface area (Å²) in [5.74, 6) is 0.656. The van der Waals surface area contributed by atoms with Gasteiger partial charge < -0.3 is 10.2 Å². The quantitative estimate of drug-likeness (QED) is 0.887. The van der Waals surface area contributed by atoms with Gasteiger partial charge in [0.25, 0.3) is 5.91 Å². The minimum atomic E-state index is 0.0549. The zero-order valence-electron chi connectivity index (χ0n) is 12.6. The molecule has 1 unspecified atom stereocenters. The van der Waals surface area contributed by atoms with Gasteiger partial charge in [-0.05, 0) is 31.5 Å². The molecule has 116 valence electrons. The van der Waals surface area contributed by atoms with Gasteiger partial charge in [0.05, 0.1) is 0 Å². The Morgan fingerprint density at radius 3 is 3.14 bits per heavy atom. The third-order valence-electron chi connectivity index (χ3n) is 3.85. The first-order valence-electron chi connectivity index (χ1n) is 7.62. The number of amides is 1. The lowest BCUT2D eigenvalue weighted by Gasteiger charge is -2.28. The van der Waals surface area contributed by atoms with E-state index < -0.39 is 0 Å². The Labute approximate surface area is 129 Å². The average Bonchev–Trinajstić information content (AvgIpc) is 3.25. The molecule has 1 aliphatic heterocycles. The van der Waals surface area contributed by atoms with E-state index in [1.54, 1.807) is 29.3 Å². The molecular formula is C15H20N6O. The van der Waals surface area contributed by atoms with Crippen molar-refractivity contribution in [3.05, 3.63) is 36.5 Å². The average molecular weight is 300 g/mol. The van der Waals surface area contributed by atoms with Crippen molar-refractivity contribution < 1.29 is 4.79 Å². The van der Waals surface area contributed by atoms with Crippen molar-refractivity contribution in [1.82, 2.24) is 30.0 Å². The van der Waals surface area contributed by atoms with Crippen LogP contribution in [-0.4, -0.2) is 56.2 Å². The number of pyridine rings is 1. The van der Waals surface area contributed by atoms with Crippen LogP contribution in [0.25, 0.3) is 5.82 Å². The lowest BCUT2D eigenvalue weighted by atomic mass is 10.1. The molecule has 1 N–H and O–H groups in total. The summed E-state index contributed by atoms with van der Waals surface area (Å²) in [5, 5.41) is 7.38. The molecule has 22 heavy (non-hydrogen) atoms. The maximum atomic E-state index is 12.9. The molecule has 1 fully saturated rings. The summed E-state index contributed by atoms with van der Waals surface area (Å²) < 4.78 is 1.55. The van der Waals surface area contributed by atoms with Gasteiger partial charge in [-0.2, -0.15) is 5.10 Å². The van der Waals surface area contributed by atoms with E-state index in [4.69, 9.17) is 0 Å². The van der Waals surface area contributed by atoms with Gasteiger partial charge in [0, 0.05) is 30.9 Å². The Balaban J connectivity index is 1.85. The van der Waals surface area contributed by atoms with Crippen molar-refractivity contribution >= 4 is 5.91 Å². The topological polar surface area (TPSA) is 75.9 Å². The van der Waals surface area contributed by atoms with E-state index in [-0.39, 0.29) is 11.9 Å². The second-order valence-corrected chi connectivity index (χ2v) is 5.39. The summed E-state index contributed by atoms with van der Waals surface area (Å²) in [6.45, 7) is 4.70. The molecule has 1 aliphatic rings. The predicted octanol–water partition coefficient (Wildman–Crippen LogP) is 0.876. The standard InChI is InChI=1S/C15H20N6O/c1-2-7-20(13-4-5-16-9-13)15(22)12-3-6-18-14(8-12)21-11-17-10-19-21/h3,6,8,10-11,13,16H,2,4-5,7,9H2,1H3. The highest BCUT2D eigenvalue weighted by Gasteiger charge is 2.26. The molecule has 1 amide bonds. The van der Waals surface area contributed by atoms with E-state index in [9.17, 15) is 4.79 Å². The minimum Gasteiger partial charge on any atom is -0.334 e. The minimum absolute atomic E-state index is 0.0549. The van der Waals surface area contributed by atoms with Crippen molar-refractivity contribution in [2.75, 3.05) is 19.6 Å². The monoisotopic (exact) mass is 300 g/mol. The first kappa shape index (κ1) is 14.6. The van der Waals surface area contributed by atoms with Gasteiger partial charge in [-0.15, -0.1) is 0 Å². The Morgan fingerprint density at radius 1 is 1.55 bits per heavy atom. The molecule has 0 saturated carbocycles. The molecule has 2 aromatic heterocycles. The zero-order chi connectivity index (χ0) is 15.4. The van der Waals surface area contributed by atoms with E-state index in [0.29, 0.717) is 11.4 Å². The third kappa shape index (κ3) is 2.99. The zero-order valence-corrected chi connectivity index (χ0v) is 12.6. The SMILES string of the molecule is CCCN(C(=O)c1ccnc(-n2cncn2)c1)C1CCNC1. The number of nitrogens with one attached hydrogen (secondary N) is 1. The Bertz CT molecular complexity index is 621. The smallest absolute Gasteiger partial charge is 0.254 e. The van der Waals surface area contributed by atoms with Gasteiger partial charge in [0.1, 0.15) is 12.7 Å². The van der Waals surface area contributed by atoms with Crippen molar-refractivity contribution in [3.63, 3.8) is 0 Å². The van der Waals surface area contributed by atoms with E-state index in [2.05, 4.69) is 27.3 Å². The van der Waals surface area contributed by atoms with Crippen LogP contribution < -0.4 is 5.32 Å². The second kappa shape index (κ2) is 6.65. The van der Waals surface area contributed by atoms with Crippen molar-refractivity contribution in [2.45, 2.75) is 25.8 Å². The maximum Gasteiger partial charge on any atom is 0.254 e. The van der Waals surface area contributed by atoms with Crippen LogP contribution in [0.15, 0.2) is 31.0 Å². The summed E-state index contributed by atoms with van der Waals surface area (Å²) in [4.78, 5) is 23.0. The Kier molecular flexibility index (Phi) is 4.43. The molecule has 0 aliphatic carbocycles. The fraction of sp³-hybridized carbons (Fsp3) is 0.467. The molecular weight excluding hydrogens is 280 g/mol. The summed E-state index contributed by atoms with van der Waals surface area (Å²) in [5.41, 5.74) is 0.640. The molecule has 0 aromatic carbocycles. The van der Waals surface area contributed by atoms with Crippen LogP contribution >= 0.6 is 0 Å². The first-order chi connectivity index (χ1) is 10.8. The molecule has 1 atom stereocenters. The van der Waals surface area contributed by atoms with Gasteiger partial charge in [-0.3, -0.25) is 4.79 Å². The highest BCUT2D eigenvalue weighted by atomic mass is 16.2. The summed E-state index contributed by atoms with van der Waals surface area (Å²) in [6, 6.07) is 3.80. The summed E-state index contributed by atoms with van der Waals surface area (Å²) in [6.07, 6.45) is 6.61. The first-order valence-corrected chi connectivity index (χ1v) is 7.62. The summed E-state index contributed by atoms with van der Waals surface area (Å²) >= 11 is 0. The number of rotatable bonds is 5. The fourth-order valence-electron chi connectivity index (χ4n) is 2.77. The molecule has 0 spiro atoms. The highest BCUT2D eigenvalue weighted by molar-refractivity contribution is 5.94. The van der Waals surface area contributed by atoms with Gasteiger partial charge in [0.2, 0.25) is 0 Å². The van der Waals surface area contributed by atoms with Crippen LogP contribution in [0, 0.1) is 0 Å². The highest BCUT2D eigenvalue weighted by Crippen LogP contribution is 2.15. The lowest BCUT2D eigenvalue weighted by Crippen LogP contribution is -2.42. The maximum absolute atomic E-state index is 12.9. The van der Waals surface area contributed by atoms with Crippen molar-refractivity contribution in [3.8, 4) is 5.82 Å². The van der Waals surface area contributed by atoms with E-state index in [1.165, 1.54) is 6.33 Å². The number of carbonyl (C=O) groups excluding carboxylic acids is 1. The largest absolute Gasteiger partial charge is 0.334 e. The normalized spacial score (nSPS) is 17.6.